The minimum Gasteiger partial charge on any atom is -0.466 e. The minimum atomic E-state index is -0.797. The third-order valence-corrected chi connectivity index (χ3v) is 7.51. The maximum Gasteiger partial charge on any atom is 0.307 e. The molecular formula is C37H47NO7. The van der Waals surface area contributed by atoms with Crippen molar-refractivity contribution >= 4 is 5.97 Å². The number of carbonyl (C=O) groups is 1. The number of hydrogen-bond donors (Lipinski definition) is 1. The topological polar surface area (TPSA) is 84.5 Å². The van der Waals surface area contributed by atoms with Crippen LogP contribution in [0.15, 0.2) is 104 Å². The molecule has 1 fully saturated rings. The van der Waals surface area contributed by atoms with E-state index in [1.165, 1.54) is 0 Å². The van der Waals surface area contributed by atoms with Gasteiger partial charge in [-0.15, -0.1) is 6.58 Å². The summed E-state index contributed by atoms with van der Waals surface area (Å²) < 4.78 is 38.1. The van der Waals surface area contributed by atoms with Gasteiger partial charge in [0.2, 0.25) is 0 Å². The molecule has 1 aliphatic rings. The lowest BCUT2D eigenvalue weighted by Gasteiger charge is -2.39. The molecule has 5 atom stereocenters. The van der Waals surface area contributed by atoms with Gasteiger partial charge in [0, 0.05) is 12.6 Å². The van der Waals surface area contributed by atoms with Crippen molar-refractivity contribution in [1.29, 1.82) is 0 Å². The number of rotatable bonds is 19. The summed E-state index contributed by atoms with van der Waals surface area (Å²) in [6.07, 6.45) is -0.609. The summed E-state index contributed by atoms with van der Waals surface area (Å²) in [6, 6.07) is 29.4. The van der Waals surface area contributed by atoms with E-state index < -0.39 is 36.2 Å². The minimum absolute atomic E-state index is 0.0608. The molecular weight excluding hydrogens is 570 g/mol. The zero-order valence-electron chi connectivity index (χ0n) is 26.6. The fourth-order valence-electron chi connectivity index (χ4n) is 5.35. The third-order valence-electron chi connectivity index (χ3n) is 7.51. The monoisotopic (exact) mass is 617 g/mol. The summed E-state index contributed by atoms with van der Waals surface area (Å²) in [4.78, 5) is 13.0. The van der Waals surface area contributed by atoms with Gasteiger partial charge >= 0.3 is 5.97 Å². The summed E-state index contributed by atoms with van der Waals surface area (Å²) in [7, 11) is 0. The molecule has 3 aromatic carbocycles. The van der Waals surface area contributed by atoms with E-state index in [0.29, 0.717) is 33.0 Å². The molecule has 0 bridgehead atoms. The summed E-state index contributed by atoms with van der Waals surface area (Å²) in [5.41, 5.74) is 3.00. The standard InChI is InChI=1S/C37H47NO7/c1-5-22-38-31(23-33(39)40-6-2)34(41-24-28-16-10-7-11-17-28)36(43-26-30-20-14-9-15-21-30)35(32-27-44-37(3,4)45-32)42-25-29-18-12-8-13-19-29/h5,7-21,31-32,34-36,38H,1,6,22-27H2,2-4H3/t31-,32+,34-,35+,36+/m0/s1. The van der Waals surface area contributed by atoms with Gasteiger partial charge in [-0.2, -0.15) is 0 Å². The van der Waals surface area contributed by atoms with Crippen LogP contribution in [0.5, 0.6) is 0 Å². The molecule has 0 aliphatic carbocycles. The van der Waals surface area contributed by atoms with Crippen molar-refractivity contribution in [2.45, 2.75) is 83.3 Å². The molecule has 0 amide bonds. The van der Waals surface area contributed by atoms with Crippen molar-refractivity contribution in [3.05, 3.63) is 120 Å². The zero-order valence-corrected chi connectivity index (χ0v) is 26.6. The van der Waals surface area contributed by atoms with E-state index in [-0.39, 0.29) is 19.0 Å². The molecule has 1 saturated heterocycles. The highest BCUT2D eigenvalue weighted by atomic mass is 16.8. The Morgan fingerprint density at radius 1 is 0.867 bits per heavy atom. The second kappa shape index (κ2) is 17.9. The van der Waals surface area contributed by atoms with Crippen LogP contribution in [-0.2, 0) is 53.0 Å². The summed E-state index contributed by atoms with van der Waals surface area (Å²) in [5, 5.41) is 3.46. The molecule has 1 heterocycles. The quantitative estimate of drug-likeness (QED) is 0.130. The molecule has 0 spiro atoms. The smallest absolute Gasteiger partial charge is 0.307 e. The highest BCUT2D eigenvalue weighted by Gasteiger charge is 2.47. The van der Waals surface area contributed by atoms with Gasteiger partial charge < -0.3 is 33.7 Å². The zero-order chi connectivity index (χ0) is 31.9. The second-order valence-corrected chi connectivity index (χ2v) is 11.5. The van der Waals surface area contributed by atoms with Gasteiger partial charge in [-0.05, 0) is 37.5 Å². The van der Waals surface area contributed by atoms with Crippen LogP contribution in [0, 0.1) is 0 Å². The second-order valence-electron chi connectivity index (χ2n) is 11.5. The first-order chi connectivity index (χ1) is 21.9. The highest BCUT2D eigenvalue weighted by molar-refractivity contribution is 5.70. The van der Waals surface area contributed by atoms with Crippen molar-refractivity contribution in [3.8, 4) is 0 Å². The fraction of sp³-hybridized carbons (Fsp3) is 0.432. The van der Waals surface area contributed by atoms with E-state index in [1.807, 2.05) is 105 Å². The number of ether oxygens (including phenoxy) is 6. The van der Waals surface area contributed by atoms with Crippen LogP contribution in [0.1, 0.15) is 43.9 Å². The first-order valence-corrected chi connectivity index (χ1v) is 15.7. The first-order valence-electron chi connectivity index (χ1n) is 15.7. The van der Waals surface area contributed by atoms with Crippen LogP contribution < -0.4 is 5.32 Å². The maximum absolute atomic E-state index is 13.0. The fourth-order valence-corrected chi connectivity index (χ4v) is 5.35. The largest absolute Gasteiger partial charge is 0.466 e. The molecule has 0 saturated carbocycles. The van der Waals surface area contributed by atoms with Crippen LogP contribution >= 0.6 is 0 Å². The maximum atomic E-state index is 13.0. The van der Waals surface area contributed by atoms with Gasteiger partial charge in [0.1, 0.15) is 24.4 Å². The van der Waals surface area contributed by atoms with Crippen molar-refractivity contribution < 1.29 is 33.2 Å². The number of hydrogen-bond acceptors (Lipinski definition) is 8. The van der Waals surface area contributed by atoms with Gasteiger partial charge in [0.05, 0.1) is 39.5 Å². The average Bonchev–Trinajstić information content (AvgIpc) is 3.42. The van der Waals surface area contributed by atoms with Gasteiger partial charge in [-0.1, -0.05) is 97.1 Å². The summed E-state index contributed by atoms with van der Waals surface area (Å²) >= 11 is 0. The van der Waals surface area contributed by atoms with E-state index in [9.17, 15) is 4.79 Å². The highest BCUT2D eigenvalue weighted by Crippen LogP contribution is 2.31. The van der Waals surface area contributed by atoms with Crippen LogP contribution in [0.2, 0.25) is 0 Å². The molecule has 1 N–H and O–H groups in total. The molecule has 8 nitrogen and oxygen atoms in total. The molecule has 0 aromatic heterocycles. The lowest BCUT2D eigenvalue weighted by molar-refractivity contribution is -0.205. The lowest BCUT2D eigenvalue weighted by atomic mass is 9.94. The van der Waals surface area contributed by atoms with Crippen molar-refractivity contribution in [2.24, 2.45) is 0 Å². The number of nitrogens with one attached hydrogen (secondary N) is 1. The Hall–Kier alpha value is -3.37. The predicted octanol–water partition coefficient (Wildman–Crippen LogP) is 5.99. The Bertz CT molecular complexity index is 1270. The number of carbonyl (C=O) groups excluding carboxylic acids is 1. The molecule has 0 unspecified atom stereocenters. The lowest BCUT2D eigenvalue weighted by Crippen LogP contribution is -2.57. The van der Waals surface area contributed by atoms with Gasteiger partial charge in [0.15, 0.2) is 5.79 Å². The van der Waals surface area contributed by atoms with Crippen molar-refractivity contribution in [2.75, 3.05) is 19.8 Å². The number of esters is 1. The van der Waals surface area contributed by atoms with E-state index in [0.717, 1.165) is 16.7 Å². The van der Waals surface area contributed by atoms with Crippen LogP contribution in [0.4, 0.5) is 0 Å². The van der Waals surface area contributed by atoms with Gasteiger partial charge in [-0.3, -0.25) is 4.79 Å². The normalized spacial score (nSPS) is 18.5. The Kier molecular flexibility index (Phi) is 13.8. The van der Waals surface area contributed by atoms with E-state index in [1.54, 1.807) is 13.0 Å². The van der Waals surface area contributed by atoms with E-state index >= 15 is 0 Å². The van der Waals surface area contributed by atoms with Crippen LogP contribution in [0.25, 0.3) is 0 Å². The Labute approximate surface area is 267 Å². The van der Waals surface area contributed by atoms with Crippen LogP contribution in [0.3, 0.4) is 0 Å². The predicted molar refractivity (Wildman–Crippen MR) is 173 cm³/mol. The Morgan fingerprint density at radius 2 is 1.38 bits per heavy atom. The van der Waals surface area contributed by atoms with Gasteiger partial charge in [0.25, 0.3) is 0 Å². The molecule has 0 radical (unpaired) electrons. The van der Waals surface area contributed by atoms with Crippen molar-refractivity contribution in [1.82, 2.24) is 5.32 Å². The molecule has 8 heteroatoms. The number of benzene rings is 3. The first kappa shape index (κ1) is 34.5. The van der Waals surface area contributed by atoms with Crippen LogP contribution in [-0.4, -0.2) is 62.0 Å². The molecule has 242 valence electrons. The molecule has 3 aromatic rings. The van der Waals surface area contributed by atoms with Crippen molar-refractivity contribution in [3.63, 3.8) is 0 Å². The average molecular weight is 618 g/mol. The van der Waals surface area contributed by atoms with Gasteiger partial charge in [-0.25, -0.2) is 0 Å². The third kappa shape index (κ3) is 11.2. The SMILES string of the molecule is C=CCN[C@@H](CC(=O)OCC)[C@H](OCc1ccccc1)[C@@H](OCc1ccccc1)[C@H](OCc1ccccc1)[C@H]1COC(C)(C)O1. The summed E-state index contributed by atoms with van der Waals surface area (Å²) in [5.74, 6) is -1.13. The Balaban J connectivity index is 1.75. The Morgan fingerprint density at radius 3 is 1.84 bits per heavy atom. The molecule has 1 aliphatic heterocycles. The molecule has 45 heavy (non-hydrogen) atoms. The summed E-state index contributed by atoms with van der Waals surface area (Å²) in [6.45, 7) is 11.4. The van der Waals surface area contributed by atoms with E-state index in [2.05, 4.69) is 11.9 Å². The molecule has 4 rings (SSSR count). The van der Waals surface area contributed by atoms with E-state index in [4.69, 9.17) is 28.4 Å².